The van der Waals surface area contributed by atoms with Gasteiger partial charge in [0.25, 0.3) is 5.91 Å². The third kappa shape index (κ3) is 4.94. The molecule has 0 N–H and O–H groups in total. The Balaban J connectivity index is 1.51. The Hall–Kier alpha value is -3.25. The summed E-state index contributed by atoms with van der Waals surface area (Å²) in [5, 5.41) is 1.50. The zero-order valence-electron chi connectivity index (χ0n) is 18.7. The third-order valence-corrected chi connectivity index (χ3v) is 7.41. The van der Waals surface area contributed by atoms with Crippen LogP contribution in [0, 0.1) is 0 Å². The van der Waals surface area contributed by atoms with Crippen LogP contribution < -0.4 is 0 Å². The van der Waals surface area contributed by atoms with Gasteiger partial charge in [0.05, 0.1) is 26.7 Å². The van der Waals surface area contributed by atoms with Crippen LogP contribution in [0.15, 0.2) is 105 Å². The number of aliphatic imine (C=N–C) groups is 1. The van der Waals surface area contributed by atoms with Crippen molar-refractivity contribution < 1.29 is 9.21 Å². The lowest BCUT2D eigenvalue weighted by Gasteiger charge is -2.24. The highest BCUT2D eigenvalue weighted by molar-refractivity contribution is 8.18. The second kappa shape index (κ2) is 10.2. The summed E-state index contributed by atoms with van der Waals surface area (Å²) in [6, 6.07) is 28.4. The predicted octanol–water partition coefficient (Wildman–Crippen LogP) is 8.62. The van der Waals surface area contributed by atoms with Crippen molar-refractivity contribution in [1.29, 1.82) is 0 Å². The average molecular weight is 519 g/mol. The SMILES string of the molecule is C[C@@H](c1ccccc1)N1C(=O)/C(=C\c2ccc(-c3cccc(Cl)c3Cl)o2)SC1=Nc1ccccc1. The molecule has 1 aromatic heterocycles. The molecule has 1 aliphatic heterocycles. The van der Waals surface area contributed by atoms with E-state index in [1.807, 2.05) is 91.9 Å². The Morgan fingerprint density at radius 2 is 1.63 bits per heavy atom. The minimum atomic E-state index is -0.193. The molecule has 0 saturated carbocycles. The van der Waals surface area contributed by atoms with Gasteiger partial charge in [-0.1, -0.05) is 77.8 Å². The molecule has 0 unspecified atom stereocenters. The lowest BCUT2D eigenvalue weighted by Crippen LogP contribution is -2.32. The van der Waals surface area contributed by atoms with Crippen LogP contribution >= 0.6 is 35.0 Å². The number of benzene rings is 3. The molecule has 1 aliphatic rings. The van der Waals surface area contributed by atoms with E-state index in [1.54, 1.807) is 17.0 Å². The molecular formula is C28H20Cl2N2O2S. The van der Waals surface area contributed by atoms with Gasteiger partial charge in [0.2, 0.25) is 0 Å². The number of carbonyl (C=O) groups is 1. The molecule has 0 bridgehead atoms. The number of para-hydroxylation sites is 1. The van der Waals surface area contributed by atoms with Crippen molar-refractivity contribution >= 4 is 57.8 Å². The molecule has 4 nitrogen and oxygen atoms in total. The monoisotopic (exact) mass is 518 g/mol. The highest BCUT2D eigenvalue weighted by atomic mass is 35.5. The molecule has 35 heavy (non-hydrogen) atoms. The molecule has 0 spiro atoms. The first-order chi connectivity index (χ1) is 17.0. The second-order valence-corrected chi connectivity index (χ2v) is 9.70. The molecular weight excluding hydrogens is 499 g/mol. The van der Waals surface area contributed by atoms with Gasteiger partial charge in [-0.25, -0.2) is 4.99 Å². The quantitative estimate of drug-likeness (QED) is 0.248. The van der Waals surface area contributed by atoms with Crippen LogP contribution in [0.4, 0.5) is 5.69 Å². The second-order valence-electron chi connectivity index (χ2n) is 7.91. The van der Waals surface area contributed by atoms with E-state index in [4.69, 9.17) is 32.6 Å². The van der Waals surface area contributed by atoms with Gasteiger partial charge < -0.3 is 4.42 Å². The highest BCUT2D eigenvalue weighted by Crippen LogP contribution is 2.40. The number of amides is 1. The molecule has 2 heterocycles. The summed E-state index contributed by atoms with van der Waals surface area (Å²) in [7, 11) is 0. The molecule has 1 saturated heterocycles. The van der Waals surface area contributed by atoms with Gasteiger partial charge in [-0.3, -0.25) is 9.69 Å². The first kappa shape index (κ1) is 23.5. The Morgan fingerprint density at radius 3 is 2.37 bits per heavy atom. The smallest absolute Gasteiger partial charge is 0.267 e. The van der Waals surface area contributed by atoms with E-state index in [2.05, 4.69) is 0 Å². The zero-order chi connectivity index (χ0) is 24.4. The summed E-state index contributed by atoms with van der Waals surface area (Å²) in [6.45, 7) is 2.00. The summed E-state index contributed by atoms with van der Waals surface area (Å²) in [5.74, 6) is 0.993. The fraction of sp³-hybridized carbons (Fsp3) is 0.0714. The molecule has 1 atom stereocenters. The van der Waals surface area contributed by atoms with E-state index in [0.29, 0.717) is 37.2 Å². The largest absolute Gasteiger partial charge is 0.457 e. The van der Waals surface area contributed by atoms with Crippen molar-refractivity contribution in [2.75, 3.05) is 0 Å². The molecule has 5 rings (SSSR count). The van der Waals surface area contributed by atoms with Crippen LogP contribution in [0.1, 0.15) is 24.3 Å². The Labute approximate surface area is 217 Å². The van der Waals surface area contributed by atoms with Gasteiger partial charge in [0, 0.05) is 11.6 Å². The predicted molar refractivity (Wildman–Crippen MR) is 145 cm³/mol. The average Bonchev–Trinajstić information content (AvgIpc) is 3.46. The molecule has 174 valence electrons. The Bertz CT molecular complexity index is 1430. The normalized spacial score (nSPS) is 16.9. The fourth-order valence-electron chi connectivity index (χ4n) is 3.80. The van der Waals surface area contributed by atoms with Gasteiger partial charge in [-0.05, 0) is 60.6 Å². The van der Waals surface area contributed by atoms with E-state index in [1.165, 1.54) is 11.8 Å². The van der Waals surface area contributed by atoms with Crippen LogP contribution in [0.25, 0.3) is 17.4 Å². The van der Waals surface area contributed by atoms with Gasteiger partial charge in [-0.2, -0.15) is 0 Å². The number of hydrogen-bond donors (Lipinski definition) is 0. The number of furan rings is 1. The van der Waals surface area contributed by atoms with E-state index < -0.39 is 0 Å². The van der Waals surface area contributed by atoms with Crippen molar-refractivity contribution in [2.45, 2.75) is 13.0 Å². The summed E-state index contributed by atoms with van der Waals surface area (Å²) in [4.78, 5) is 20.6. The first-order valence-corrected chi connectivity index (χ1v) is 12.5. The molecule has 0 aliphatic carbocycles. The van der Waals surface area contributed by atoms with E-state index >= 15 is 0 Å². The van der Waals surface area contributed by atoms with Crippen LogP contribution in [-0.4, -0.2) is 16.0 Å². The summed E-state index contributed by atoms with van der Waals surface area (Å²) >= 11 is 13.8. The van der Waals surface area contributed by atoms with E-state index in [-0.39, 0.29) is 11.9 Å². The minimum Gasteiger partial charge on any atom is -0.457 e. The third-order valence-electron chi connectivity index (χ3n) is 5.60. The topological polar surface area (TPSA) is 45.8 Å². The van der Waals surface area contributed by atoms with Crippen LogP contribution in [0.3, 0.4) is 0 Å². The van der Waals surface area contributed by atoms with Crippen molar-refractivity contribution in [2.24, 2.45) is 4.99 Å². The number of halogens is 2. The number of hydrogen-bond acceptors (Lipinski definition) is 4. The Kier molecular flexibility index (Phi) is 6.82. The molecule has 3 aromatic carbocycles. The maximum Gasteiger partial charge on any atom is 0.267 e. The van der Waals surface area contributed by atoms with Crippen molar-refractivity contribution in [3.63, 3.8) is 0 Å². The van der Waals surface area contributed by atoms with Crippen molar-refractivity contribution in [3.05, 3.63) is 117 Å². The number of carbonyl (C=O) groups excluding carboxylic acids is 1. The van der Waals surface area contributed by atoms with Crippen LogP contribution in [-0.2, 0) is 4.79 Å². The fourth-order valence-corrected chi connectivity index (χ4v) is 5.24. The number of amidine groups is 1. The summed E-state index contributed by atoms with van der Waals surface area (Å²) in [5.41, 5.74) is 2.50. The first-order valence-electron chi connectivity index (χ1n) is 11.0. The van der Waals surface area contributed by atoms with E-state index in [0.717, 1.165) is 11.3 Å². The van der Waals surface area contributed by atoms with E-state index in [9.17, 15) is 4.79 Å². The molecule has 0 radical (unpaired) electrons. The summed E-state index contributed by atoms with van der Waals surface area (Å²) in [6.07, 6.45) is 1.74. The lowest BCUT2D eigenvalue weighted by atomic mass is 10.1. The standard InChI is InChI=1S/C28H20Cl2N2O2S/c1-18(19-9-4-2-5-10-19)32-27(33)25(35-28(32)31-20-11-6-3-7-12-20)17-21-15-16-24(34-21)22-13-8-14-23(29)26(22)30/h2-18H,1H3/b25-17+,31-28?/t18-/m0/s1. The zero-order valence-corrected chi connectivity index (χ0v) is 21.0. The van der Waals surface area contributed by atoms with Crippen LogP contribution in [0.2, 0.25) is 10.0 Å². The Morgan fingerprint density at radius 1 is 0.914 bits per heavy atom. The van der Waals surface area contributed by atoms with Crippen molar-refractivity contribution in [1.82, 2.24) is 4.90 Å². The number of nitrogens with zero attached hydrogens (tertiary/aromatic N) is 2. The summed E-state index contributed by atoms with van der Waals surface area (Å²) < 4.78 is 6.01. The van der Waals surface area contributed by atoms with Gasteiger partial charge in [-0.15, -0.1) is 0 Å². The van der Waals surface area contributed by atoms with Crippen LogP contribution in [0.5, 0.6) is 0 Å². The molecule has 4 aromatic rings. The van der Waals surface area contributed by atoms with Gasteiger partial charge in [0.1, 0.15) is 11.5 Å². The van der Waals surface area contributed by atoms with Gasteiger partial charge in [0.15, 0.2) is 5.17 Å². The molecule has 1 fully saturated rings. The lowest BCUT2D eigenvalue weighted by molar-refractivity contribution is -0.123. The number of thioether (sulfide) groups is 1. The minimum absolute atomic E-state index is 0.125. The molecule has 1 amide bonds. The van der Waals surface area contributed by atoms with Gasteiger partial charge >= 0.3 is 0 Å². The number of rotatable bonds is 5. The molecule has 7 heteroatoms. The maximum absolute atomic E-state index is 13.6. The highest BCUT2D eigenvalue weighted by Gasteiger charge is 2.37. The van der Waals surface area contributed by atoms with Crippen molar-refractivity contribution in [3.8, 4) is 11.3 Å². The maximum atomic E-state index is 13.6.